The Morgan fingerprint density at radius 1 is 0.500 bits per heavy atom. The largest absolute Gasteiger partial charge is 0.354 e. The molecular weight excluding hydrogens is 579 g/mol. The molecular formula is C42H49N3S. The minimum absolute atomic E-state index is 0.00365. The zero-order valence-corrected chi connectivity index (χ0v) is 30.5. The Hall–Kier alpha value is -3.76. The van der Waals surface area contributed by atoms with Gasteiger partial charge in [0.15, 0.2) is 0 Å². The van der Waals surface area contributed by atoms with Gasteiger partial charge in [-0.1, -0.05) is 119 Å². The van der Waals surface area contributed by atoms with Crippen LogP contribution in [0, 0.1) is 0 Å². The summed E-state index contributed by atoms with van der Waals surface area (Å²) in [4.78, 5) is 3.86. The standard InChI is InChI=1S/C42H49N3S/c1-39(2,3)29-13-14-36-34(21-29)35-23-32(42(10,11)12)22-33(37(35)44-36)27-15-25(17-30(19-27)40(4,5)6)26-16-28(38-45-43-24-46-38)20-31(18-26)41(7,8)9/h13-24,44H,1-12H3. The Kier molecular flexibility index (Phi) is 7.63. The number of rotatable bonds is 3. The van der Waals surface area contributed by atoms with E-state index in [1.165, 1.54) is 66.3 Å². The van der Waals surface area contributed by atoms with Crippen molar-refractivity contribution in [3.8, 4) is 32.8 Å². The fourth-order valence-corrected chi connectivity index (χ4v) is 6.70. The van der Waals surface area contributed by atoms with Crippen molar-refractivity contribution in [3.05, 3.63) is 94.5 Å². The predicted molar refractivity (Wildman–Crippen MR) is 200 cm³/mol. The lowest BCUT2D eigenvalue weighted by Crippen LogP contribution is -2.13. The molecule has 0 saturated carbocycles. The fraction of sp³-hybridized carbons (Fsp3) is 0.381. The van der Waals surface area contributed by atoms with Crippen LogP contribution in [-0.4, -0.2) is 15.2 Å². The third-order valence-corrected chi connectivity index (χ3v) is 10.0. The zero-order chi connectivity index (χ0) is 33.4. The van der Waals surface area contributed by atoms with Crippen molar-refractivity contribution in [2.45, 2.75) is 105 Å². The molecule has 0 radical (unpaired) electrons. The first-order valence-electron chi connectivity index (χ1n) is 16.5. The summed E-state index contributed by atoms with van der Waals surface area (Å²) in [7, 11) is 0. The van der Waals surface area contributed by atoms with E-state index < -0.39 is 0 Å². The number of hydrogen-bond acceptors (Lipinski definition) is 3. The molecule has 3 nitrogen and oxygen atoms in total. The van der Waals surface area contributed by atoms with Gasteiger partial charge in [-0.3, -0.25) is 0 Å². The molecule has 1 N–H and O–H groups in total. The molecule has 46 heavy (non-hydrogen) atoms. The monoisotopic (exact) mass is 627 g/mol. The minimum atomic E-state index is -0.0305. The Balaban J connectivity index is 1.67. The van der Waals surface area contributed by atoms with Gasteiger partial charge in [0.25, 0.3) is 0 Å². The van der Waals surface area contributed by atoms with Crippen molar-refractivity contribution in [2.75, 3.05) is 0 Å². The topological polar surface area (TPSA) is 41.6 Å². The van der Waals surface area contributed by atoms with Gasteiger partial charge in [0.1, 0.15) is 10.5 Å². The van der Waals surface area contributed by atoms with Crippen molar-refractivity contribution < 1.29 is 0 Å². The maximum atomic E-state index is 4.44. The number of aromatic nitrogens is 3. The molecule has 0 bridgehead atoms. The SMILES string of the molecule is CC(C)(C)c1cc(-c2cc(-c3cc(C(C)(C)C)cc4c3[nH]c3ccc(C(C)(C)C)cc34)cc(C(C)(C)C)c2)cc(-c2nncs2)c1. The van der Waals surface area contributed by atoms with E-state index in [9.17, 15) is 0 Å². The highest BCUT2D eigenvalue weighted by Gasteiger charge is 2.24. The van der Waals surface area contributed by atoms with Crippen LogP contribution >= 0.6 is 11.3 Å². The van der Waals surface area contributed by atoms with Crippen LogP contribution in [-0.2, 0) is 21.7 Å². The van der Waals surface area contributed by atoms with Gasteiger partial charge in [0, 0.05) is 27.4 Å². The Morgan fingerprint density at radius 3 is 1.54 bits per heavy atom. The summed E-state index contributed by atoms with van der Waals surface area (Å²) in [5.41, 5.74) is 15.6. The van der Waals surface area contributed by atoms with E-state index in [2.05, 4.69) is 165 Å². The van der Waals surface area contributed by atoms with Gasteiger partial charge >= 0.3 is 0 Å². The van der Waals surface area contributed by atoms with Gasteiger partial charge in [-0.25, -0.2) is 0 Å². The van der Waals surface area contributed by atoms with Gasteiger partial charge in [-0.05, 0) is 103 Å². The molecule has 0 amide bonds. The van der Waals surface area contributed by atoms with Crippen molar-refractivity contribution >= 4 is 33.1 Å². The lowest BCUT2D eigenvalue weighted by atomic mass is 9.80. The highest BCUT2D eigenvalue weighted by Crippen LogP contribution is 2.42. The van der Waals surface area contributed by atoms with Crippen molar-refractivity contribution in [2.24, 2.45) is 0 Å². The summed E-state index contributed by atoms with van der Waals surface area (Å²) in [6.07, 6.45) is 0. The maximum absolute atomic E-state index is 4.44. The molecule has 4 heteroatoms. The second kappa shape index (κ2) is 10.9. The van der Waals surface area contributed by atoms with Crippen LogP contribution in [0.1, 0.15) is 105 Å². The molecule has 238 valence electrons. The minimum Gasteiger partial charge on any atom is -0.354 e. The Morgan fingerprint density at radius 2 is 1.00 bits per heavy atom. The van der Waals surface area contributed by atoms with Crippen LogP contribution in [0.15, 0.2) is 72.2 Å². The third-order valence-electron chi connectivity index (χ3n) is 9.29. The number of nitrogens with one attached hydrogen (secondary N) is 1. The van der Waals surface area contributed by atoms with Crippen LogP contribution in [0.2, 0.25) is 0 Å². The van der Waals surface area contributed by atoms with Crippen LogP contribution < -0.4 is 0 Å². The highest BCUT2D eigenvalue weighted by molar-refractivity contribution is 7.12. The highest BCUT2D eigenvalue weighted by atomic mass is 32.1. The van der Waals surface area contributed by atoms with Crippen molar-refractivity contribution in [3.63, 3.8) is 0 Å². The van der Waals surface area contributed by atoms with Crippen LogP contribution in [0.4, 0.5) is 0 Å². The van der Waals surface area contributed by atoms with Crippen molar-refractivity contribution in [1.82, 2.24) is 15.2 Å². The average Bonchev–Trinajstić information content (AvgIpc) is 3.62. The number of nitrogens with zero attached hydrogens (tertiary/aromatic N) is 2. The van der Waals surface area contributed by atoms with E-state index in [-0.39, 0.29) is 21.7 Å². The van der Waals surface area contributed by atoms with E-state index in [0.29, 0.717) is 0 Å². The molecule has 6 rings (SSSR count). The first-order valence-corrected chi connectivity index (χ1v) is 17.4. The van der Waals surface area contributed by atoms with E-state index in [1.54, 1.807) is 11.3 Å². The van der Waals surface area contributed by atoms with Gasteiger partial charge < -0.3 is 4.98 Å². The molecule has 0 fully saturated rings. The third kappa shape index (κ3) is 6.17. The Bertz CT molecular complexity index is 2070. The predicted octanol–water partition coefficient (Wildman–Crippen LogP) is 12.4. The Labute approximate surface area is 279 Å². The first-order chi connectivity index (χ1) is 21.3. The van der Waals surface area contributed by atoms with E-state index >= 15 is 0 Å². The summed E-state index contributed by atoms with van der Waals surface area (Å²) in [5.74, 6) is 0. The summed E-state index contributed by atoms with van der Waals surface area (Å²) in [6.45, 7) is 27.6. The summed E-state index contributed by atoms with van der Waals surface area (Å²) >= 11 is 1.59. The lowest BCUT2D eigenvalue weighted by molar-refractivity contribution is 0.589. The quantitative estimate of drug-likeness (QED) is 0.212. The van der Waals surface area contributed by atoms with Gasteiger partial charge in [0.05, 0.1) is 5.52 Å². The second-order valence-corrected chi connectivity index (χ2v) is 18.0. The molecule has 0 atom stereocenters. The normalized spacial score (nSPS) is 13.2. The van der Waals surface area contributed by atoms with Crippen LogP contribution in [0.3, 0.4) is 0 Å². The summed E-state index contributed by atoms with van der Waals surface area (Å²) in [5, 5.41) is 12.1. The van der Waals surface area contributed by atoms with Crippen LogP contribution in [0.5, 0.6) is 0 Å². The molecule has 0 aliphatic heterocycles. The average molecular weight is 628 g/mol. The molecule has 0 aliphatic carbocycles. The smallest absolute Gasteiger partial charge is 0.147 e. The first kappa shape index (κ1) is 32.2. The molecule has 0 unspecified atom stereocenters. The van der Waals surface area contributed by atoms with Crippen molar-refractivity contribution in [1.29, 1.82) is 0 Å². The van der Waals surface area contributed by atoms with E-state index in [1.807, 2.05) is 5.51 Å². The zero-order valence-electron chi connectivity index (χ0n) is 29.7. The maximum Gasteiger partial charge on any atom is 0.147 e. The lowest BCUT2D eigenvalue weighted by Gasteiger charge is -2.25. The number of fused-ring (bicyclic) bond motifs is 3. The molecule has 2 heterocycles. The number of H-pyrrole nitrogens is 1. The summed E-state index contributed by atoms with van der Waals surface area (Å²) in [6, 6.07) is 25.9. The van der Waals surface area contributed by atoms with E-state index in [0.717, 1.165) is 10.6 Å². The number of aromatic amines is 1. The van der Waals surface area contributed by atoms with Gasteiger partial charge in [-0.15, -0.1) is 10.2 Å². The molecule has 6 aromatic rings. The van der Waals surface area contributed by atoms with Gasteiger partial charge in [-0.2, -0.15) is 0 Å². The number of hydrogen-bond donors (Lipinski definition) is 1. The number of benzene rings is 4. The van der Waals surface area contributed by atoms with Crippen LogP contribution in [0.25, 0.3) is 54.6 Å². The molecule has 0 aliphatic rings. The molecule has 0 spiro atoms. The fourth-order valence-electron chi connectivity index (χ4n) is 6.16. The van der Waals surface area contributed by atoms with Gasteiger partial charge in [0.2, 0.25) is 0 Å². The van der Waals surface area contributed by atoms with E-state index in [4.69, 9.17) is 0 Å². The summed E-state index contributed by atoms with van der Waals surface area (Å²) < 4.78 is 0. The molecule has 0 saturated heterocycles. The second-order valence-electron chi connectivity index (χ2n) is 17.2. The molecule has 2 aromatic heterocycles. The molecule has 4 aromatic carbocycles.